The number of carbonyl (C=O) groups is 1. The lowest BCUT2D eigenvalue weighted by atomic mass is 10.1. The molecule has 4 heteroatoms. The van der Waals surface area contributed by atoms with Crippen LogP contribution in [0.1, 0.15) is 52.4 Å². The summed E-state index contributed by atoms with van der Waals surface area (Å²) in [6.07, 6.45) is 6.58. The zero-order valence-electron chi connectivity index (χ0n) is 11.2. The molecule has 1 saturated carbocycles. The Morgan fingerprint density at radius 2 is 2.06 bits per heavy atom. The van der Waals surface area contributed by atoms with Gasteiger partial charge < -0.3 is 4.90 Å². The molecule has 0 bridgehead atoms. The van der Waals surface area contributed by atoms with Crippen LogP contribution in [0.5, 0.6) is 0 Å². The Bertz CT molecular complexity index is 227. The van der Waals surface area contributed by atoms with Gasteiger partial charge in [-0.05, 0) is 38.1 Å². The number of nitrogens with two attached hydrogens (primary N) is 1. The van der Waals surface area contributed by atoms with Crippen molar-refractivity contribution in [2.45, 2.75) is 58.4 Å². The summed E-state index contributed by atoms with van der Waals surface area (Å²) in [5, 5.41) is 0. The van der Waals surface area contributed by atoms with Crippen LogP contribution in [-0.4, -0.2) is 29.9 Å². The first-order valence-corrected chi connectivity index (χ1v) is 6.87. The van der Waals surface area contributed by atoms with E-state index in [0.29, 0.717) is 6.42 Å². The summed E-state index contributed by atoms with van der Waals surface area (Å²) in [5.41, 5.74) is 2.17. The van der Waals surface area contributed by atoms with Gasteiger partial charge in [-0.2, -0.15) is 0 Å². The molecule has 1 fully saturated rings. The Balaban J connectivity index is 2.04. The number of carbonyl (C=O) groups excluding carboxylic acids is 1. The number of amides is 1. The van der Waals surface area contributed by atoms with Gasteiger partial charge in [0.15, 0.2) is 0 Å². The van der Waals surface area contributed by atoms with E-state index in [9.17, 15) is 4.79 Å². The van der Waals surface area contributed by atoms with Gasteiger partial charge in [-0.3, -0.25) is 10.2 Å². The van der Waals surface area contributed by atoms with E-state index >= 15 is 0 Å². The first kappa shape index (κ1) is 14.5. The molecule has 0 saturated heterocycles. The fraction of sp³-hybridized carbons (Fsp3) is 0.923. The summed E-state index contributed by atoms with van der Waals surface area (Å²) < 4.78 is 0. The highest BCUT2D eigenvalue weighted by atomic mass is 16.2. The van der Waals surface area contributed by atoms with Crippen molar-refractivity contribution in [2.75, 3.05) is 13.1 Å². The van der Waals surface area contributed by atoms with Crippen molar-refractivity contribution in [1.29, 1.82) is 0 Å². The molecule has 0 radical (unpaired) electrons. The Morgan fingerprint density at radius 3 is 2.59 bits per heavy atom. The lowest BCUT2D eigenvalue weighted by Crippen LogP contribution is -2.31. The van der Waals surface area contributed by atoms with Crippen LogP contribution < -0.4 is 11.3 Å². The normalized spacial score (nSPS) is 15.6. The molecule has 0 heterocycles. The zero-order valence-corrected chi connectivity index (χ0v) is 11.2. The van der Waals surface area contributed by atoms with Crippen LogP contribution in [0.2, 0.25) is 0 Å². The van der Waals surface area contributed by atoms with Gasteiger partial charge in [0.05, 0.1) is 0 Å². The van der Waals surface area contributed by atoms with E-state index < -0.39 is 0 Å². The number of rotatable bonds is 9. The van der Waals surface area contributed by atoms with Crippen LogP contribution in [0.4, 0.5) is 0 Å². The van der Waals surface area contributed by atoms with Gasteiger partial charge in [0.1, 0.15) is 0 Å². The van der Waals surface area contributed by atoms with Gasteiger partial charge in [-0.15, -0.1) is 0 Å². The molecule has 1 rings (SSSR count). The van der Waals surface area contributed by atoms with Crippen molar-refractivity contribution in [3.05, 3.63) is 0 Å². The second-order valence-electron chi connectivity index (χ2n) is 5.50. The van der Waals surface area contributed by atoms with Gasteiger partial charge in [-0.1, -0.05) is 20.3 Å². The predicted octanol–water partition coefficient (Wildman–Crippen LogP) is 1.66. The summed E-state index contributed by atoms with van der Waals surface area (Å²) in [5.74, 6) is 5.73. The average Bonchev–Trinajstić information content (AvgIpc) is 3.10. The Labute approximate surface area is 105 Å². The molecule has 3 N–H and O–H groups in total. The second kappa shape index (κ2) is 7.67. The number of hydrogen-bond donors (Lipinski definition) is 2. The maximum atomic E-state index is 10.9. The molecule has 17 heavy (non-hydrogen) atoms. The van der Waals surface area contributed by atoms with Crippen LogP contribution >= 0.6 is 0 Å². The topological polar surface area (TPSA) is 58.4 Å². The minimum atomic E-state index is -0.0498. The smallest absolute Gasteiger partial charge is 0.233 e. The van der Waals surface area contributed by atoms with Crippen molar-refractivity contribution in [3.63, 3.8) is 0 Å². The van der Waals surface area contributed by atoms with Crippen LogP contribution in [-0.2, 0) is 4.79 Å². The molecule has 0 spiro atoms. The summed E-state index contributed by atoms with van der Waals surface area (Å²) >= 11 is 0. The summed E-state index contributed by atoms with van der Waals surface area (Å²) in [4.78, 5) is 13.5. The van der Waals surface area contributed by atoms with E-state index in [2.05, 4.69) is 24.2 Å². The highest BCUT2D eigenvalue weighted by Crippen LogP contribution is 2.27. The number of unbranched alkanes of at least 4 members (excludes halogenated alkanes) is 2. The van der Waals surface area contributed by atoms with Crippen LogP contribution in [0.3, 0.4) is 0 Å². The summed E-state index contributed by atoms with van der Waals surface area (Å²) in [7, 11) is 0. The lowest BCUT2D eigenvalue weighted by molar-refractivity contribution is -0.121. The first-order chi connectivity index (χ1) is 8.13. The van der Waals surface area contributed by atoms with Gasteiger partial charge in [0.2, 0.25) is 5.91 Å². The first-order valence-electron chi connectivity index (χ1n) is 6.87. The molecule has 0 aromatic carbocycles. The van der Waals surface area contributed by atoms with E-state index in [1.807, 2.05) is 0 Å². The van der Waals surface area contributed by atoms with Crippen molar-refractivity contribution in [3.8, 4) is 0 Å². The third-order valence-corrected chi connectivity index (χ3v) is 3.17. The van der Waals surface area contributed by atoms with E-state index in [0.717, 1.165) is 24.8 Å². The van der Waals surface area contributed by atoms with Crippen molar-refractivity contribution in [2.24, 2.45) is 11.8 Å². The fourth-order valence-corrected chi connectivity index (χ4v) is 2.18. The van der Waals surface area contributed by atoms with Crippen molar-refractivity contribution < 1.29 is 4.79 Å². The van der Waals surface area contributed by atoms with Gasteiger partial charge in [0.25, 0.3) is 0 Å². The van der Waals surface area contributed by atoms with Gasteiger partial charge in [-0.25, -0.2) is 5.84 Å². The predicted molar refractivity (Wildman–Crippen MR) is 70.2 cm³/mol. The van der Waals surface area contributed by atoms with Gasteiger partial charge >= 0.3 is 0 Å². The molecule has 0 aromatic rings. The number of hydrogen-bond acceptors (Lipinski definition) is 3. The minimum absolute atomic E-state index is 0.0498. The minimum Gasteiger partial charge on any atom is -0.300 e. The molecular formula is C13H27N3O. The molecule has 0 atom stereocenters. The van der Waals surface area contributed by atoms with Crippen molar-refractivity contribution in [1.82, 2.24) is 10.3 Å². The molecule has 0 aromatic heterocycles. The SMILES string of the molecule is CC(C)CN(CCCCCC(=O)NN)C1CC1. The largest absolute Gasteiger partial charge is 0.300 e. The fourth-order valence-electron chi connectivity index (χ4n) is 2.18. The lowest BCUT2D eigenvalue weighted by Gasteiger charge is -2.23. The maximum absolute atomic E-state index is 10.9. The molecule has 4 nitrogen and oxygen atoms in total. The van der Waals surface area contributed by atoms with Crippen LogP contribution in [0.25, 0.3) is 0 Å². The van der Waals surface area contributed by atoms with Crippen LogP contribution in [0, 0.1) is 5.92 Å². The summed E-state index contributed by atoms with van der Waals surface area (Å²) in [6.45, 7) is 6.96. The standard InChI is InChI=1S/C13H27N3O/c1-11(2)10-16(12-7-8-12)9-5-3-4-6-13(17)15-14/h11-12H,3-10,14H2,1-2H3,(H,15,17). The molecular weight excluding hydrogens is 214 g/mol. The molecule has 1 aliphatic rings. The highest BCUT2D eigenvalue weighted by Gasteiger charge is 2.28. The third-order valence-electron chi connectivity index (χ3n) is 3.17. The average molecular weight is 241 g/mol. The molecule has 0 aliphatic heterocycles. The molecule has 0 unspecified atom stereocenters. The third kappa shape index (κ3) is 6.64. The number of hydrazine groups is 1. The van der Waals surface area contributed by atoms with Gasteiger partial charge in [0, 0.05) is 19.0 Å². The molecule has 1 amide bonds. The number of nitrogens with zero attached hydrogens (tertiary/aromatic N) is 1. The Morgan fingerprint density at radius 1 is 1.35 bits per heavy atom. The van der Waals surface area contributed by atoms with E-state index in [4.69, 9.17) is 5.84 Å². The Kier molecular flexibility index (Phi) is 6.52. The van der Waals surface area contributed by atoms with Crippen LogP contribution in [0.15, 0.2) is 0 Å². The zero-order chi connectivity index (χ0) is 12.7. The quantitative estimate of drug-likeness (QED) is 0.279. The maximum Gasteiger partial charge on any atom is 0.233 e. The van der Waals surface area contributed by atoms with Crippen molar-refractivity contribution >= 4 is 5.91 Å². The van der Waals surface area contributed by atoms with E-state index in [1.54, 1.807) is 0 Å². The van der Waals surface area contributed by atoms with E-state index in [-0.39, 0.29) is 5.91 Å². The summed E-state index contributed by atoms with van der Waals surface area (Å²) in [6, 6.07) is 0.852. The molecule has 100 valence electrons. The Hall–Kier alpha value is -0.610. The number of nitrogens with one attached hydrogen (secondary N) is 1. The highest BCUT2D eigenvalue weighted by molar-refractivity contribution is 5.74. The monoisotopic (exact) mass is 241 g/mol. The molecule has 1 aliphatic carbocycles. The second-order valence-corrected chi connectivity index (χ2v) is 5.50. The van der Waals surface area contributed by atoms with E-state index in [1.165, 1.54) is 32.4 Å².